The molecule has 29 heavy (non-hydrogen) atoms. The van der Waals surface area contributed by atoms with Gasteiger partial charge in [0.25, 0.3) is 11.7 Å². The predicted octanol–water partition coefficient (Wildman–Crippen LogP) is 3.42. The maximum Gasteiger partial charge on any atom is 0.295 e. The molecule has 1 aliphatic heterocycles. The molecule has 3 aromatic rings. The zero-order valence-corrected chi connectivity index (χ0v) is 16.6. The molecule has 0 atom stereocenters. The first-order valence-electron chi connectivity index (χ1n) is 9.51. The van der Waals surface area contributed by atoms with E-state index in [0.29, 0.717) is 55.8 Å². The molecular weight excluding hydrogens is 392 g/mol. The number of para-hydroxylation sites is 2. The van der Waals surface area contributed by atoms with E-state index < -0.39 is 11.7 Å². The minimum Gasteiger partial charge on any atom is -0.490 e. The topological polar surface area (TPSA) is 60.8 Å². The Morgan fingerprint density at radius 2 is 1.76 bits per heavy atom. The summed E-state index contributed by atoms with van der Waals surface area (Å²) in [6.45, 7) is 2.70. The summed E-state index contributed by atoms with van der Waals surface area (Å²) in [5, 5.41) is 1.31. The standard InChI is InChI=1S/C22H21ClN2O4/c23-18-6-2-4-8-20(18)29-14-11-25-15-17(16-5-1-3-7-19(16)25)21(26)22(27)24-9-12-28-13-10-24/h1-8,15H,9-14H2. The van der Waals surface area contributed by atoms with E-state index in [1.807, 2.05) is 47.0 Å². The summed E-state index contributed by atoms with van der Waals surface area (Å²) >= 11 is 6.13. The third kappa shape index (κ3) is 4.13. The van der Waals surface area contributed by atoms with Crippen molar-refractivity contribution in [2.24, 2.45) is 0 Å². The van der Waals surface area contributed by atoms with Crippen molar-refractivity contribution in [1.29, 1.82) is 0 Å². The largest absolute Gasteiger partial charge is 0.490 e. The first-order valence-corrected chi connectivity index (χ1v) is 9.89. The van der Waals surface area contributed by atoms with Crippen molar-refractivity contribution in [1.82, 2.24) is 9.47 Å². The highest BCUT2D eigenvalue weighted by Crippen LogP contribution is 2.25. The van der Waals surface area contributed by atoms with Crippen LogP contribution in [-0.2, 0) is 16.1 Å². The molecule has 1 fully saturated rings. The second kappa shape index (κ2) is 8.68. The Morgan fingerprint density at radius 1 is 1.03 bits per heavy atom. The summed E-state index contributed by atoms with van der Waals surface area (Å²) in [5.74, 6) is -0.359. The van der Waals surface area contributed by atoms with Gasteiger partial charge in [-0.05, 0) is 18.2 Å². The van der Waals surface area contributed by atoms with E-state index in [9.17, 15) is 9.59 Å². The minimum absolute atomic E-state index is 0.382. The minimum atomic E-state index is -0.492. The Kier molecular flexibility index (Phi) is 5.83. The van der Waals surface area contributed by atoms with Crippen molar-refractivity contribution in [3.8, 4) is 5.75 Å². The number of nitrogens with zero attached hydrogens (tertiary/aromatic N) is 2. The molecule has 0 radical (unpaired) electrons. The number of hydrogen-bond donors (Lipinski definition) is 0. The van der Waals surface area contributed by atoms with Crippen LogP contribution in [0.1, 0.15) is 10.4 Å². The number of benzene rings is 2. The van der Waals surface area contributed by atoms with Gasteiger partial charge in [0.05, 0.1) is 30.3 Å². The van der Waals surface area contributed by atoms with Gasteiger partial charge in [0.2, 0.25) is 0 Å². The molecule has 0 spiro atoms. The maximum absolute atomic E-state index is 12.9. The van der Waals surface area contributed by atoms with E-state index >= 15 is 0 Å². The van der Waals surface area contributed by atoms with Crippen LogP contribution in [0.25, 0.3) is 10.9 Å². The molecule has 1 aliphatic rings. The number of morpholine rings is 1. The molecule has 0 aliphatic carbocycles. The summed E-state index contributed by atoms with van der Waals surface area (Å²) < 4.78 is 13.0. The van der Waals surface area contributed by atoms with Gasteiger partial charge in [-0.3, -0.25) is 9.59 Å². The molecule has 150 valence electrons. The van der Waals surface area contributed by atoms with Crippen LogP contribution >= 0.6 is 11.6 Å². The lowest BCUT2D eigenvalue weighted by molar-refractivity contribution is -0.130. The second-order valence-corrected chi connectivity index (χ2v) is 7.17. The smallest absolute Gasteiger partial charge is 0.295 e. The Bertz CT molecular complexity index is 1040. The van der Waals surface area contributed by atoms with Gasteiger partial charge in [-0.1, -0.05) is 41.9 Å². The first kappa shape index (κ1) is 19.5. The molecule has 7 heteroatoms. The number of aromatic nitrogens is 1. The van der Waals surface area contributed by atoms with Gasteiger partial charge < -0.3 is 18.9 Å². The lowest BCUT2D eigenvalue weighted by Gasteiger charge is -2.25. The lowest BCUT2D eigenvalue weighted by Crippen LogP contribution is -2.44. The number of rotatable bonds is 6. The monoisotopic (exact) mass is 412 g/mol. The summed E-state index contributed by atoms with van der Waals surface area (Å²) in [7, 11) is 0. The predicted molar refractivity (Wildman–Crippen MR) is 111 cm³/mol. The third-order valence-electron chi connectivity index (χ3n) is 4.95. The van der Waals surface area contributed by atoms with Crippen molar-refractivity contribution in [2.75, 3.05) is 32.9 Å². The molecule has 0 saturated carbocycles. The van der Waals surface area contributed by atoms with Crippen LogP contribution in [0.5, 0.6) is 5.75 Å². The normalized spacial score (nSPS) is 14.2. The van der Waals surface area contributed by atoms with Crippen molar-refractivity contribution in [3.05, 3.63) is 65.3 Å². The molecule has 1 amide bonds. The van der Waals surface area contributed by atoms with Crippen LogP contribution in [0.15, 0.2) is 54.7 Å². The SMILES string of the molecule is O=C(C(=O)N1CCOCC1)c1cn(CCOc2ccccc2Cl)c2ccccc12. The van der Waals surface area contributed by atoms with Crippen molar-refractivity contribution >= 4 is 34.2 Å². The van der Waals surface area contributed by atoms with Crippen LogP contribution in [0.4, 0.5) is 0 Å². The van der Waals surface area contributed by atoms with Crippen LogP contribution in [-0.4, -0.2) is 54.1 Å². The van der Waals surface area contributed by atoms with Gasteiger partial charge in [-0.15, -0.1) is 0 Å². The van der Waals surface area contributed by atoms with Crippen molar-refractivity contribution in [2.45, 2.75) is 6.54 Å². The van der Waals surface area contributed by atoms with Crippen LogP contribution < -0.4 is 4.74 Å². The maximum atomic E-state index is 12.9. The summed E-state index contributed by atoms with van der Waals surface area (Å²) in [6.07, 6.45) is 1.74. The Hall–Kier alpha value is -2.83. The zero-order valence-electron chi connectivity index (χ0n) is 15.8. The van der Waals surface area contributed by atoms with E-state index in [0.717, 1.165) is 10.9 Å². The number of halogens is 1. The average Bonchev–Trinajstić information content (AvgIpc) is 3.13. The number of Topliss-reactive ketones (excluding diaryl/α,β-unsaturated/α-hetero) is 1. The molecule has 2 heterocycles. The second-order valence-electron chi connectivity index (χ2n) is 6.77. The van der Waals surface area contributed by atoms with E-state index in [2.05, 4.69) is 0 Å². The fourth-order valence-corrected chi connectivity index (χ4v) is 3.64. The Morgan fingerprint density at radius 3 is 2.55 bits per heavy atom. The fraction of sp³-hybridized carbons (Fsp3) is 0.273. The molecule has 4 rings (SSSR count). The highest BCUT2D eigenvalue weighted by Gasteiger charge is 2.27. The third-order valence-corrected chi connectivity index (χ3v) is 5.26. The Labute approximate surface area is 173 Å². The number of hydrogen-bond acceptors (Lipinski definition) is 4. The molecular formula is C22H21ClN2O4. The quantitative estimate of drug-likeness (QED) is 0.460. The number of fused-ring (bicyclic) bond motifs is 1. The highest BCUT2D eigenvalue weighted by atomic mass is 35.5. The average molecular weight is 413 g/mol. The van der Waals surface area contributed by atoms with Crippen molar-refractivity contribution in [3.63, 3.8) is 0 Å². The molecule has 2 aromatic carbocycles. The van der Waals surface area contributed by atoms with Gasteiger partial charge in [-0.25, -0.2) is 0 Å². The lowest BCUT2D eigenvalue weighted by atomic mass is 10.1. The van der Waals surface area contributed by atoms with E-state index in [4.69, 9.17) is 21.1 Å². The van der Waals surface area contributed by atoms with E-state index in [1.54, 1.807) is 17.2 Å². The van der Waals surface area contributed by atoms with E-state index in [1.165, 1.54) is 0 Å². The first-order chi connectivity index (χ1) is 14.1. The number of amides is 1. The zero-order chi connectivity index (χ0) is 20.2. The van der Waals surface area contributed by atoms with Gasteiger partial charge in [0.1, 0.15) is 12.4 Å². The van der Waals surface area contributed by atoms with Gasteiger partial charge >= 0.3 is 0 Å². The molecule has 0 bridgehead atoms. The van der Waals surface area contributed by atoms with Gasteiger partial charge in [-0.2, -0.15) is 0 Å². The fourth-order valence-electron chi connectivity index (χ4n) is 3.45. The molecule has 0 unspecified atom stereocenters. The van der Waals surface area contributed by atoms with Gasteiger partial charge in [0.15, 0.2) is 0 Å². The van der Waals surface area contributed by atoms with E-state index in [-0.39, 0.29) is 0 Å². The van der Waals surface area contributed by atoms with Crippen LogP contribution in [0, 0.1) is 0 Å². The van der Waals surface area contributed by atoms with Gasteiger partial charge in [0, 0.05) is 30.2 Å². The molecule has 0 N–H and O–H groups in total. The number of ketones is 1. The Balaban J connectivity index is 1.54. The van der Waals surface area contributed by atoms with Crippen molar-refractivity contribution < 1.29 is 19.1 Å². The number of ether oxygens (including phenoxy) is 2. The summed E-state index contributed by atoms with van der Waals surface area (Å²) in [5.41, 5.74) is 1.29. The summed E-state index contributed by atoms with van der Waals surface area (Å²) in [4.78, 5) is 27.1. The molecule has 6 nitrogen and oxygen atoms in total. The van der Waals surface area contributed by atoms with Crippen LogP contribution in [0.3, 0.4) is 0 Å². The number of carbonyl (C=O) groups is 2. The highest BCUT2D eigenvalue weighted by molar-refractivity contribution is 6.44. The van der Waals surface area contributed by atoms with Crippen LogP contribution in [0.2, 0.25) is 5.02 Å². The number of carbonyl (C=O) groups excluding carboxylic acids is 2. The molecule has 1 aromatic heterocycles. The molecule has 1 saturated heterocycles. The summed E-state index contributed by atoms with van der Waals surface area (Å²) in [6, 6.07) is 14.9.